The fraction of sp³-hybridized carbons (Fsp3) is 0.333. The second kappa shape index (κ2) is 6.47. The number of sulfone groups is 1. The molecule has 1 rings (SSSR count). The Labute approximate surface area is 115 Å². The van der Waals surface area contributed by atoms with Crippen LogP contribution < -0.4 is 5.32 Å². The highest BCUT2D eigenvalue weighted by atomic mass is 32.2. The Morgan fingerprint density at radius 1 is 1.35 bits per heavy atom. The smallest absolute Gasteiger partial charge is 0.338 e. The van der Waals surface area contributed by atoms with Crippen LogP contribution in [0.15, 0.2) is 23.1 Å². The highest BCUT2D eigenvalue weighted by molar-refractivity contribution is 7.91. The molecular weight excluding hydrogens is 289 g/mol. The number of rotatable bonds is 6. The topological polar surface area (TPSA) is 101 Å². The van der Waals surface area contributed by atoms with Gasteiger partial charge in [0.1, 0.15) is 5.82 Å². The average molecular weight is 303 g/mol. The van der Waals surface area contributed by atoms with Gasteiger partial charge in [-0.1, -0.05) is 0 Å². The lowest BCUT2D eigenvalue weighted by molar-refractivity contribution is -0.120. The number of aromatic carboxylic acids is 1. The second-order valence-corrected chi connectivity index (χ2v) is 6.15. The highest BCUT2D eigenvalue weighted by Crippen LogP contribution is 2.17. The molecule has 0 aliphatic rings. The summed E-state index contributed by atoms with van der Waals surface area (Å²) in [6, 6.07) is 2.60. The molecule has 110 valence electrons. The number of carboxylic acid groups (broad SMARTS) is 1. The van der Waals surface area contributed by atoms with Crippen molar-refractivity contribution in [2.75, 3.05) is 12.8 Å². The molecule has 1 aromatic rings. The molecule has 0 fully saturated rings. The van der Waals surface area contributed by atoms with Crippen molar-refractivity contribution in [2.24, 2.45) is 0 Å². The number of amides is 1. The molecule has 2 N–H and O–H groups in total. The lowest BCUT2D eigenvalue weighted by Crippen LogP contribution is -2.19. The molecule has 8 heteroatoms. The predicted octanol–water partition coefficient (Wildman–Crippen LogP) is 0.824. The van der Waals surface area contributed by atoms with Crippen LogP contribution in [0.3, 0.4) is 0 Å². The minimum absolute atomic E-state index is 0.0444. The Balaban J connectivity index is 2.90. The third-order valence-corrected chi connectivity index (χ3v) is 4.42. The van der Waals surface area contributed by atoms with Crippen LogP contribution in [0.1, 0.15) is 23.2 Å². The van der Waals surface area contributed by atoms with E-state index in [0.717, 1.165) is 18.2 Å². The Kier molecular flexibility index (Phi) is 5.20. The van der Waals surface area contributed by atoms with Crippen molar-refractivity contribution >= 4 is 21.7 Å². The number of carboxylic acids is 1. The van der Waals surface area contributed by atoms with E-state index in [1.54, 1.807) is 0 Å². The van der Waals surface area contributed by atoms with E-state index >= 15 is 0 Å². The zero-order valence-electron chi connectivity index (χ0n) is 10.7. The van der Waals surface area contributed by atoms with Gasteiger partial charge in [-0.05, 0) is 24.6 Å². The molecule has 0 aliphatic heterocycles. The van der Waals surface area contributed by atoms with Crippen molar-refractivity contribution in [3.8, 4) is 0 Å². The summed E-state index contributed by atoms with van der Waals surface area (Å²) in [5.74, 6) is -3.14. The number of hydrogen-bond donors (Lipinski definition) is 2. The van der Waals surface area contributed by atoms with Crippen LogP contribution in [0, 0.1) is 5.82 Å². The molecule has 0 atom stereocenters. The average Bonchev–Trinajstić information content (AvgIpc) is 2.38. The van der Waals surface area contributed by atoms with E-state index in [1.807, 2.05) is 0 Å². The zero-order valence-corrected chi connectivity index (χ0v) is 11.5. The lowest BCUT2D eigenvalue weighted by atomic mass is 10.2. The normalized spacial score (nSPS) is 11.1. The molecule has 0 spiro atoms. The summed E-state index contributed by atoms with van der Waals surface area (Å²) in [6.07, 6.45) is 0.143. The first-order valence-corrected chi connectivity index (χ1v) is 7.39. The first-order chi connectivity index (χ1) is 9.27. The third kappa shape index (κ3) is 4.02. The number of carbonyl (C=O) groups excluding carboxylic acids is 1. The van der Waals surface area contributed by atoms with Crippen molar-refractivity contribution in [1.82, 2.24) is 5.32 Å². The first-order valence-electron chi connectivity index (χ1n) is 5.74. The molecule has 0 saturated heterocycles. The zero-order chi connectivity index (χ0) is 15.3. The largest absolute Gasteiger partial charge is 0.478 e. The van der Waals surface area contributed by atoms with Gasteiger partial charge in [0.2, 0.25) is 5.91 Å². The van der Waals surface area contributed by atoms with Crippen molar-refractivity contribution in [3.05, 3.63) is 29.6 Å². The summed E-state index contributed by atoms with van der Waals surface area (Å²) in [6.45, 7) is 0. The lowest BCUT2D eigenvalue weighted by Gasteiger charge is -2.06. The molecule has 1 aromatic carbocycles. The van der Waals surface area contributed by atoms with Crippen LogP contribution in [-0.2, 0) is 14.6 Å². The van der Waals surface area contributed by atoms with Gasteiger partial charge in [-0.3, -0.25) is 4.79 Å². The Bertz CT molecular complexity index is 627. The summed E-state index contributed by atoms with van der Waals surface area (Å²) >= 11 is 0. The SMILES string of the molecule is CNC(=O)CCCS(=O)(=O)c1ccc(F)c(C(=O)O)c1. The second-order valence-electron chi connectivity index (χ2n) is 4.04. The van der Waals surface area contributed by atoms with Crippen molar-refractivity contribution in [1.29, 1.82) is 0 Å². The highest BCUT2D eigenvalue weighted by Gasteiger charge is 2.19. The van der Waals surface area contributed by atoms with Crippen LogP contribution >= 0.6 is 0 Å². The fourth-order valence-corrected chi connectivity index (χ4v) is 2.86. The summed E-state index contributed by atoms with van der Waals surface area (Å²) in [5.41, 5.74) is -0.697. The maximum atomic E-state index is 13.2. The standard InChI is InChI=1S/C12H14FNO5S/c1-14-11(15)3-2-6-20(18,19)8-4-5-10(13)9(7-8)12(16)17/h4-5,7H,2-3,6H2,1H3,(H,14,15)(H,16,17). The van der Waals surface area contributed by atoms with Crippen molar-refractivity contribution in [3.63, 3.8) is 0 Å². The van der Waals surface area contributed by atoms with E-state index < -0.39 is 27.2 Å². The van der Waals surface area contributed by atoms with Gasteiger partial charge in [-0.25, -0.2) is 17.6 Å². The van der Waals surface area contributed by atoms with Crippen LogP contribution in [0.25, 0.3) is 0 Å². The molecular formula is C12H14FNO5S. The van der Waals surface area contributed by atoms with Crippen LogP contribution in [0.4, 0.5) is 4.39 Å². The van der Waals surface area contributed by atoms with Gasteiger partial charge >= 0.3 is 5.97 Å². The molecule has 0 heterocycles. The van der Waals surface area contributed by atoms with E-state index in [4.69, 9.17) is 5.11 Å². The monoisotopic (exact) mass is 303 g/mol. The molecule has 20 heavy (non-hydrogen) atoms. The number of carbonyl (C=O) groups is 2. The van der Waals surface area contributed by atoms with Gasteiger partial charge in [0.15, 0.2) is 9.84 Å². The van der Waals surface area contributed by atoms with Crippen LogP contribution in [-0.4, -0.2) is 38.2 Å². The molecule has 0 bridgehead atoms. The number of halogens is 1. The number of nitrogens with one attached hydrogen (secondary N) is 1. The Morgan fingerprint density at radius 3 is 2.55 bits per heavy atom. The summed E-state index contributed by atoms with van der Waals surface area (Å²) in [4.78, 5) is 21.5. The molecule has 1 amide bonds. The summed E-state index contributed by atoms with van der Waals surface area (Å²) in [5, 5.41) is 11.1. The van der Waals surface area contributed by atoms with E-state index in [-0.39, 0.29) is 29.4 Å². The summed E-state index contributed by atoms with van der Waals surface area (Å²) in [7, 11) is -2.31. The van der Waals surface area contributed by atoms with Gasteiger partial charge in [-0.15, -0.1) is 0 Å². The van der Waals surface area contributed by atoms with Gasteiger partial charge in [0.05, 0.1) is 16.2 Å². The number of hydrogen-bond acceptors (Lipinski definition) is 4. The molecule has 0 aromatic heterocycles. The van der Waals surface area contributed by atoms with Gasteiger partial charge in [0, 0.05) is 13.5 Å². The predicted molar refractivity (Wildman–Crippen MR) is 68.7 cm³/mol. The van der Waals surface area contributed by atoms with Crippen LogP contribution in [0.5, 0.6) is 0 Å². The maximum absolute atomic E-state index is 13.2. The quantitative estimate of drug-likeness (QED) is 0.758. The third-order valence-electron chi connectivity index (χ3n) is 2.62. The fourth-order valence-electron chi connectivity index (χ4n) is 1.53. The minimum Gasteiger partial charge on any atom is -0.478 e. The molecule has 0 aliphatic carbocycles. The van der Waals surface area contributed by atoms with Crippen LogP contribution in [0.2, 0.25) is 0 Å². The van der Waals surface area contributed by atoms with E-state index in [2.05, 4.69) is 5.32 Å². The molecule has 6 nitrogen and oxygen atoms in total. The maximum Gasteiger partial charge on any atom is 0.338 e. The van der Waals surface area contributed by atoms with Crippen molar-refractivity contribution < 1.29 is 27.5 Å². The first kappa shape index (κ1) is 16.1. The van der Waals surface area contributed by atoms with E-state index in [1.165, 1.54) is 7.05 Å². The molecule has 0 saturated carbocycles. The number of benzene rings is 1. The molecule has 0 unspecified atom stereocenters. The Hall–Kier alpha value is -1.96. The van der Waals surface area contributed by atoms with Gasteiger partial charge in [0.25, 0.3) is 0 Å². The minimum atomic E-state index is -3.75. The Morgan fingerprint density at radius 2 is 2.00 bits per heavy atom. The van der Waals surface area contributed by atoms with Gasteiger partial charge < -0.3 is 10.4 Å². The molecule has 0 radical (unpaired) electrons. The van der Waals surface area contributed by atoms with Gasteiger partial charge in [-0.2, -0.15) is 0 Å². The summed E-state index contributed by atoms with van der Waals surface area (Å²) < 4.78 is 37.1. The van der Waals surface area contributed by atoms with E-state index in [0.29, 0.717) is 0 Å². The van der Waals surface area contributed by atoms with E-state index in [9.17, 15) is 22.4 Å². The van der Waals surface area contributed by atoms with Crippen molar-refractivity contribution in [2.45, 2.75) is 17.7 Å².